The summed E-state index contributed by atoms with van der Waals surface area (Å²) in [5, 5.41) is 0. The van der Waals surface area contributed by atoms with Gasteiger partial charge in [0.2, 0.25) is 0 Å². The van der Waals surface area contributed by atoms with E-state index in [0.29, 0.717) is 24.1 Å². The summed E-state index contributed by atoms with van der Waals surface area (Å²) in [6.07, 6.45) is 0.133. The van der Waals surface area contributed by atoms with Gasteiger partial charge in [-0.25, -0.2) is 8.78 Å². The maximum atomic E-state index is 13.6. The van der Waals surface area contributed by atoms with Crippen LogP contribution in [0.25, 0.3) is 0 Å². The van der Waals surface area contributed by atoms with E-state index in [1.807, 2.05) is 0 Å². The molecule has 0 aliphatic carbocycles. The van der Waals surface area contributed by atoms with Crippen LogP contribution in [0.3, 0.4) is 0 Å². The lowest BCUT2D eigenvalue weighted by Crippen LogP contribution is -2.04. The van der Waals surface area contributed by atoms with Gasteiger partial charge in [0.05, 0.1) is 7.11 Å². The molecule has 0 radical (unpaired) electrons. The quantitative estimate of drug-likeness (QED) is 0.842. The molecule has 4 heteroatoms. The molecule has 0 aliphatic rings. The van der Waals surface area contributed by atoms with Gasteiger partial charge in [0.1, 0.15) is 6.17 Å². The number of benzene rings is 1. The molecule has 0 spiro atoms. The number of halogens is 2. The largest absolute Gasteiger partial charge is 0.493 e. The van der Waals surface area contributed by atoms with Gasteiger partial charge in [0, 0.05) is 0 Å². The van der Waals surface area contributed by atoms with Crippen molar-refractivity contribution in [2.45, 2.75) is 25.9 Å². The van der Waals surface area contributed by atoms with Gasteiger partial charge < -0.3 is 10.5 Å². The molecular weight excluding hydrogens is 212 g/mol. The Morgan fingerprint density at radius 1 is 1.44 bits per heavy atom. The Balaban J connectivity index is 3.09. The lowest BCUT2D eigenvalue weighted by Gasteiger charge is -2.12. The molecule has 1 aromatic carbocycles. The van der Waals surface area contributed by atoms with Crippen molar-refractivity contribution in [1.29, 1.82) is 0 Å². The summed E-state index contributed by atoms with van der Waals surface area (Å²) in [5.74, 6) is -0.325. The fraction of sp³-hybridized carbons (Fsp3) is 0.500. The van der Waals surface area contributed by atoms with Gasteiger partial charge in [0.15, 0.2) is 11.6 Å². The van der Waals surface area contributed by atoms with Crippen molar-refractivity contribution >= 4 is 0 Å². The fourth-order valence-electron chi connectivity index (χ4n) is 1.61. The third-order valence-electron chi connectivity index (χ3n) is 2.46. The third-order valence-corrected chi connectivity index (χ3v) is 2.46. The highest BCUT2D eigenvalue weighted by Gasteiger charge is 2.14. The Kier molecular flexibility index (Phi) is 4.68. The van der Waals surface area contributed by atoms with Crippen LogP contribution in [0.5, 0.6) is 5.75 Å². The first-order valence-electron chi connectivity index (χ1n) is 5.30. The molecule has 1 unspecified atom stereocenters. The number of rotatable bonds is 5. The number of ether oxygens (including phenoxy) is 1. The van der Waals surface area contributed by atoms with Crippen LogP contribution in [0.4, 0.5) is 8.78 Å². The van der Waals surface area contributed by atoms with E-state index in [9.17, 15) is 8.78 Å². The Bertz CT molecular complexity index is 353. The average Bonchev–Trinajstić information content (AvgIpc) is 2.25. The van der Waals surface area contributed by atoms with Crippen molar-refractivity contribution in [3.8, 4) is 5.75 Å². The molecule has 1 rings (SSSR count). The molecule has 0 aromatic heterocycles. The SMILES string of the molecule is COc1c(F)cc(C(C)F)cc1CCCN. The molecule has 0 bridgehead atoms. The Hall–Kier alpha value is -1.16. The molecule has 2 nitrogen and oxygen atoms in total. The Morgan fingerprint density at radius 2 is 2.12 bits per heavy atom. The number of methoxy groups -OCH3 is 1. The van der Waals surface area contributed by atoms with Crippen molar-refractivity contribution in [1.82, 2.24) is 0 Å². The number of alkyl halides is 1. The van der Waals surface area contributed by atoms with E-state index < -0.39 is 12.0 Å². The zero-order valence-electron chi connectivity index (χ0n) is 9.59. The van der Waals surface area contributed by atoms with Crippen LogP contribution in [-0.2, 0) is 6.42 Å². The maximum absolute atomic E-state index is 13.6. The molecule has 0 saturated heterocycles. The smallest absolute Gasteiger partial charge is 0.165 e. The highest BCUT2D eigenvalue weighted by Crippen LogP contribution is 2.29. The monoisotopic (exact) mass is 229 g/mol. The zero-order valence-corrected chi connectivity index (χ0v) is 9.59. The van der Waals surface area contributed by atoms with Crippen molar-refractivity contribution in [3.63, 3.8) is 0 Å². The summed E-state index contributed by atoms with van der Waals surface area (Å²) < 4.78 is 31.7. The van der Waals surface area contributed by atoms with Gasteiger partial charge in [-0.1, -0.05) is 0 Å². The second-order valence-corrected chi connectivity index (χ2v) is 3.70. The summed E-state index contributed by atoms with van der Waals surface area (Å²) in [7, 11) is 1.41. The number of aryl methyl sites for hydroxylation is 1. The van der Waals surface area contributed by atoms with Crippen LogP contribution in [0.2, 0.25) is 0 Å². The average molecular weight is 229 g/mol. The molecule has 2 N–H and O–H groups in total. The molecular formula is C12H17F2NO. The molecule has 0 fully saturated rings. The van der Waals surface area contributed by atoms with E-state index in [0.717, 1.165) is 6.42 Å². The Labute approximate surface area is 94.4 Å². The minimum atomic E-state index is -1.18. The van der Waals surface area contributed by atoms with Crippen LogP contribution in [0.15, 0.2) is 12.1 Å². The first-order valence-corrected chi connectivity index (χ1v) is 5.30. The van der Waals surface area contributed by atoms with Gasteiger partial charge >= 0.3 is 0 Å². The van der Waals surface area contributed by atoms with Crippen LogP contribution >= 0.6 is 0 Å². The van der Waals surface area contributed by atoms with Crippen molar-refractivity contribution in [2.75, 3.05) is 13.7 Å². The van der Waals surface area contributed by atoms with E-state index in [1.165, 1.54) is 20.1 Å². The summed E-state index contributed by atoms with van der Waals surface area (Å²) in [6, 6.07) is 2.82. The molecule has 16 heavy (non-hydrogen) atoms. The van der Waals surface area contributed by atoms with Crippen LogP contribution in [0.1, 0.15) is 30.6 Å². The molecule has 1 atom stereocenters. The summed E-state index contributed by atoms with van der Waals surface area (Å²) >= 11 is 0. The van der Waals surface area contributed by atoms with Gasteiger partial charge in [-0.2, -0.15) is 0 Å². The minimum Gasteiger partial charge on any atom is -0.493 e. The Morgan fingerprint density at radius 3 is 2.62 bits per heavy atom. The van der Waals surface area contributed by atoms with E-state index >= 15 is 0 Å². The second kappa shape index (κ2) is 5.80. The predicted molar refractivity (Wildman–Crippen MR) is 59.9 cm³/mol. The highest BCUT2D eigenvalue weighted by molar-refractivity contribution is 5.39. The van der Waals surface area contributed by atoms with Gasteiger partial charge in [-0.3, -0.25) is 0 Å². The molecule has 90 valence electrons. The highest BCUT2D eigenvalue weighted by atomic mass is 19.1. The second-order valence-electron chi connectivity index (χ2n) is 3.70. The van der Waals surface area contributed by atoms with Crippen molar-refractivity contribution < 1.29 is 13.5 Å². The summed E-state index contributed by atoms with van der Waals surface area (Å²) in [6.45, 7) is 1.90. The third kappa shape index (κ3) is 2.92. The molecule has 1 aromatic rings. The number of hydrogen-bond donors (Lipinski definition) is 1. The fourth-order valence-corrected chi connectivity index (χ4v) is 1.61. The van der Waals surface area contributed by atoms with E-state index in [-0.39, 0.29) is 5.75 Å². The summed E-state index contributed by atoms with van der Waals surface area (Å²) in [5.41, 5.74) is 6.41. The standard InChI is InChI=1S/C12H17F2NO/c1-8(13)10-6-9(4-3-5-15)12(16-2)11(14)7-10/h6-8H,3-5,15H2,1-2H3. The zero-order chi connectivity index (χ0) is 12.1. The van der Waals surface area contributed by atoms with Crippen LogP contribution < -0.4 is 10.5 Å². The molecule has 0 amide bonds. The minimum absolute atomic E-state index is 0.192. The van der Waals surface area contributed by atoms with E-state index in [2.05, 4.69) is 0 Å². The summed E-state index contributed by atoms with van der Waals surface area (Å²) in [4.78, 5) is 0. The van der Waals surface area contributed by atoms with E-state index in [1.54, 1.807) is 6.07 Å². The van der Waals surface area contributed by atoms with Crippen LogP contribution in [-0.4, -0.2) is 13.7 Å². The maximum Gasteiger partial charge on any atom is 0.165 e. The van der Waals surface area contributed by atoms with E-state index in [4.69, 9.17) is 10.5 Å². The normalized spacial score (nSPS) is 12.6. The molecule has 0 aliphatic heterocycles. The molecule has 0 heterocycles. The number of nitrogens with two attached hydrogens (primary N) is 1. The van der Waals surface area contributed by atoms with Crippen molar-refractivity contribution in [2.24, 2.45) is 5.73 Å². The van der Waals surface area contributed by atoms with Crippen LogP contribution in [0, 0.1) is 5.82 Å². The lowest BCUT2D eigenvalue weighted by molar-refractivity contribution is 0.362. The molecule has 0 saturated carbocycles. The topological polar surface area (TPSA) is 35.2 Å². The first kappa shape index (κ1) is 12.9. The van der Waals surface area contributed by atoms with Gasteiger partial charge in [-0.15, -0.1) is 0 Å². The predicted octanol–water partition coefficient (Wildman–Crippen LogP) is 2.76. The van der Waals surface area contributed by atoms with Gasteiger partial charge in [-0.05, 0) is 49.6 Å². The number of hydrogen-bond acceptors (Lipinski definition) is 2. The lowest BCUT2D eigenvalue weighted by atomic mass is 10.0. The van der Waals surface area contributed by atoms with Crippen molar-refractivity contribution in [3.05, 3.63) is 29.1 Å². The van der Waals surface area contributed by atoms with Gasteiger partial charge in [0.25, 0.3) is 0 Å². The first-order chi connectivity index (χ1) is 7.60.